The fourth-order valence-electron chi connectivity index (χ4n) is 2.05. The minimum Gasteiger partial charge on any atom is -0.447 e. The molecule has 2 heterocycles. The summed E-state index contributed by atoms with van der Waals surface area (Å²) in [5, 5.41) is 2.55. The molecule has 2 aliphatic rings. The number of imide groups is 1. The average molecular weight is 257 g/mol. The molecule has 100 valence electrons. The van der Waals surface area contributed by atoms with Crippen molar-refractivity contribution in [2.75, 3.05) is 33.9 Å². The molecule has 0 aliphatic carbocycles. The fourth-order valence-corrected chi connectivity index (χ4v) is 2.05. The van der Waals surface area contributed by atoms with Crippen LogP contribution < -0.4 is 5.32 Å². The van der Waals surface area contributed by atoms with Gasteiger partial charge in [0.15, 0.2) is 0 Å². The number of likely N-dealkylation sites (N-methyl/N-ethyl adjacent to an activating group) is 1. The predicted molar refractivity (Wildman–Crippen MR) is 58.8 cm³/mol. The number of carbonyl (C=O) groups excluding carboxylic acids is 3. The second-order valence-corrected chi connectivity index (χ2v) is 4.15. The monoisotopic (exact) mass is 257 g/mol. The van der Waals surface area contributed by atoms with Crippen LogP contribution in [0.15, 0.2) is 0 Å². The molecule has 0 aromatic rings. The zero-order valence-electron chi connectivity index (χ0n) is 10.2. The molecule has 0 spiro atoms. The summed E-state index contributed by atoms with van der Waals surface area (Å²) in [6.45, 7) is 0.757. The van der Waals surface area contributed by atoms with Gasteiger partial charge in [-0.15, -0.1) is 0 Å². The number of amides is 4. The molecule has 2 aliphatic heterocycles. The molecular weight excluding hydrogens is 242 g/mol. The second-order valence-electron chi connectivity index (χ2n) is 4.15. The first-order chi connectivity index (χ1) is 8.56. The Kier molecular flexibility index (Phi) is 3.37. The largest absolute Gasteiger partial charge is 0.447 e. The highest BCUT2D eigenvalue weighted by Gasteiger charge is 2.47. The molecule has 0 aromatic heterocycles. The van der Waals surface area contributed by atoms with E-state index in [4.69, 9.17) is 9.47 Å². The van der Waals surface area contributed by atoms with Gasteiger partial charge in [-0.05, 0) is 0 Å². The molecule has 2 atom stereocenters. The first-order valence-corrected chi connectivity index (χ1v) is 5.56. The Hall–Kier alpha value is -1.83. The van der Waals surface area contributed by atoms with Crippen LogP contribution in [-0.2, 0) is 14.3 Å². The number of hydrogen-bond donors (Lipinski definition) is 1. The predicted octanol–water partition coefficient (Wildman–Crippen LogP) is -0.996. The van der Waals surface area contributed by atoms with Crippen molar-refractivity contribution >= 4 is 18.0 Å². The van der Waals surface area contributed by atoms with E-state index in [2.05, 4.69) is 5.32 Å². The number of urea groups is 1. The van der Waals surface area contributed by atoms with Crippen LogP contribution >= 0.6 is 0 Å². The van der Waals surface area contributed by atoms with E-state index in [1.54, 1.807) is 0 Å². The van der Waals surface area contributed by atoms with Gasteiger partial charge in [-0.1, -0.05) is 0 Å². The second kappa shape index (κ2) is 4.81. The maximum Gasteiger partial charge on any atom is 0.410 e. The van der Waals surface area contributed by atoms with Gasteiger partial charge >= 0.3 is 12.1 Å². The van der Waals surface area contributed by atoms with Crippen LogP contribution in [0.5, 0.6) is 0 Å². The van der Waals surface area contributed by atoms with Gasteiger partial charge in [0.25, 0.3) is 5.91 Å². The summed E-state index contributed by atoms with van der Waals surface area (Å²) in [6, 6.07) is -1.68. The Morgan fingerprint density at radius 1 is 1.44 bits per heavy atom. The van der Waals surface area contributed by atoms with E-state index in [-0.39, 0.29) is 12.5 Å². The highest BCUT2D eigenvalue weighted by atomic mass is 16.6. The first kappa shape index (κ1) is 12.6. The average Bonchev–Trinajstić information content (AvgIpc) is 2.83. The van der Waals surface area contributed by atoms with Crippen molar-refractivity contribution in [3.05, 3.63) is 0 Å². The van der Waals surface area contributed by atoms with Crippen LogP contribution in [-0.4, -0.2) is 73.8 Å². The van der Waals surface area contributed by atoms with Gasteiger partial charge in [-0.2, -0.15) is 0 Å². The SMILES string of the molecule is COCCN1C(=O)OCC1C1NC(=O)N(C)C1=O. The highest BCUT2D eigenvalue weighted by Crippen LogP contribution is 2.19. The third-order valence-corrected chi connectivity index (χ3v) is 3.11. The zero-order chi connectivity index (χ0) is 13.3. The molecule has 0 bridgehead atoms. The molecule has 18 heavy (non-hydrogen) atoms. The summed E-state index contributed by atoms with van der Waals surface area (Å²) in [4.78, 5) is 37.2. The van der Waals surface area contributed by atoms with E-state index < -0.39 is 24.2 Å². The minimum absolute atomic E-state index is 0.0904. The molecule has 2 unspecified atom stereocenters. The van der Waals surface area contributed by atoms with Crippen molar-refractivity contribution in [1.29, 1.82) is 0 Å². The number of methoxy groups -OCH3 is 1. The summed E-state index contributed by atoms with van der Waals surface area (Å²) < 4.78 is 9.82. The van der Waals surface area contributed by atoms with Crippen molar-refractivity contribution < 1.29 is 23.9 Å². The van der Waals surface area contributed by atoms with Crippen LogP contribution in [0.25, 0.3) is 0 Å². The van der Waals surface area contributed by atoms with Crippen LogP contribution in [0.3, 0.4) is 0 Å². The van der Waals surface area contributed by atoms with Crippen molar-refractivity contribution in [3.63, 3.8) is 0 Å². The lowest BCUT2D eigenvalue weighted by atomic mass is 10.1. The van der Waals surface area contributed by atoms with E-state index in [1.807, 2.05) is 0 Å². The normalized spacial score (nSPS) is 27.8. The summed E-state index contributed by atoms with van der Waals surface area (Å²) in [5.74, 6) is -0.356. The molecule has 4 amide bonds. The van der Waals surface area contributed by atoms with E-state index in [0.717, 1.165) is 4.90 Å². The van der Waals surface area contributed by atoms with Crippen LogP contribution in [0.2, 0.25) is 0 Å². The van der Waals surface area contributed by atoms with Gasteiger partial charge in [-0.25, -0.2) is 9.59 Å². The number of ether oxygens (including phenoxy) is 2. The standard InChI is InChI=1S/C10H15N3O5/c1-12-8(14)7(11-9(12)15)6-5-18-10(16)13(6)3-4-17-2/h6-7H,3-5H2,1-2H3,(H,11,15). The molecule has 8 nitrogen and oxygen atoms in total. The van der Waals surface area contributed by atoms with E-state index >= 15 is 0 Å². The maximum atomic E-state index is 11.8. The lowest BCUT2D eigenvalue weighted by molar-refractivity contribution is -0.127. The summed E-state index contributed by atoms with van der Waals surface area (Å²) >= 11 is 0. The van der Waals surface area contributed by atoms with E-state index in [9.17, 15) is 14.4 Å². The summed E-state index contributed by atoms with van der Waals surface area (Å²) in [5.41, 5.74) is 0. The number of carbonyl (C=O) groups is 3. The van der Waals surface area contributed by atoms with Crippen molar-refractivity contribution in [2.24, 2.45) is 0 Å². The Balaban J connectivity index is 2.10. The fraction of sp³-hybridized carbons (Fsp3) is 0.700. The molecule has 0 radical (unpaired) electrons. The molecule has 2 fully saturated rings. The topological polar surface area (TPSA) is 88.2 Å². The van der Waals surface area contributed by atoms with Crippen LogP contribution in [0, 0.1) is 0 Å². The smallest absolute Gasteiger partial charge is 0.410 e. The number of nitrogens with one attached hydrogen (secondary N) is 1. The highest BCUT2D eigenvalue weighted by molar-refractivity contribution is 6.04. The van der Waals surface area contributed by atoms with Gasteiger partial charge < -0.3 is 14.8 Å². The Bertz CT molecular complexity index is 386. The van der Waals surface area contributed by atoms with Crippen molar-refractivity contribution in [3.8, 4) is 0 Å². The van der Waals surface area contributed by atoms with E-state index in [1.165, 1.54) is 19.1 Å². The number of cyclic esters (lactones) is 1. The first-order valence-electron chi connectivity index (χ1n) is 5.56. The van der Waals surface area contributed by atoms with Crippen molar-refractivity contribution in [2.45, 2.75) is 12.1 Å². The van der Waals surface area contributed by atoms with Gasteiger partial charge in [0.1, 0.15) is 12.6 Å². The number of hydrogen-bond acceptors (Lipinski definition) is 5. The third kappa shape index (κ3) is 1.99. The Morgan fingerprint density at radius 2 is 2.17 bits per heavy atom. The van der Waals surface area contributed by atoms with Crippen molar-refractivity contribution in [1.82, 2.24) is 15.1 Å². The maximum absolute atomic E-state index is 11.8. The van der Waals surface area contributed by atoms with Gasteiger partial charge in [0, 0.05) is 20.7 Å². The molecule has 0 aromatic carbocycles. The minimum atomic E-state index is -0.745. The third-order valence-electron chi connectivity index (χ3n) is 3.11. The van der Waals surface area contributed by atoms with Crippen LogP contribution in [0.1, 0.15) is 0 Å². The summed E-state index contributed by atoms with van der Waals surface area (Å²) in [6.07, 6.45) is -0.492. The van der Waals surface area contributed by atoms with Gasteiger partial charge in [-0.3, -0.25) is 14.6 Å². The number of rotatable bonds is 4. The number of nitrogens with zero attached hydrogens (tertiary/aromatic N) is 2. The van der Waals surface area contributed by atoms with E-state index in [0.29, 0.717) is 13.2 Å². The summed E-state index contributed by atoms with van der Waals surface area (Å²) in [7, 11) is 2.92. The molecule has 1 N–H and O–H groups in total. The Labute approximate surface area is 104 Å². The quantitative estimate of drug-likeness (QED) is 0.653. The zero-order valence-corrected chi connectivity index (χ0v) is 10.2. The van der Waals surface area contributed by atoms with Gasteiger partial charge in [0.2, 0.25) is 0 Å². The lowest BCUT2D eigenvalue weighted by Gasteiger charge is -2.24. The molecule has 0 saturated carbocycles. The Morgan fingerprint density at radius 3 is 2.72 bits per heavy atom. The van der Waals surface area contributed by atoms with Gasteiger partial charge in [0.05, 0.1) is 12.6 Å². The molecule has 2 saturated heterocycles. The van der Waals surface area contributed by atoms with Crippen LogP contribution in [0.4, 0.5) is 9.59 Å². The molecule has 2 rings (SSSR count). The molecular formula is C10H15N3O5. The molecule has 8 heteroatoms. The lowest BCUT2D eigenvalue weighted by Crippen LogP contribution is -2.51.